The third-order valence-corrected chi connectivity index (χ3v) is 0. The fraction of sp³-hybridized carbons (Fsp3) is 1.00. The Morgan fingerprint density at radius 2 is 1.20 bits per heavy atom. The molecule has 0 bridgehead atoms. The quantitative estimate of drug-likeness (QED) is 0.473. The summed E-state index contributed by atoms with van der Waals surface area (Å²) in [5, 5.41) is 0. The van der Waals surface area contributed by atoms with E-state index in [0.717, 1.165) is 0 Å². The van der Waals surface area contributed by atoms with Crippen molar-refractivity contribution in [2.45, 2.75) is 13.8 Å². The van der Waals surface area contributed by atoms with Gasteiger partial charge in [0.25, 0.3) is 0 Å². The molecule has 0 aromatic rings. The highest BCUT2D eigenvalue weighted by Gasteiger charge is 1.38. The zero-order valence-corrected chi connectivity index (χ0v) is 4.68. The van der Waals surface area contributed by atoms with E-state index in [1.54, 1.807) is 0 Å². The first-order valence-electron chi connectivity index (χ1n) is 1.31. The zero-order chi connectivity index (χ0) is 4.71. The van der Waals surface area contributed by atoms with Gasteiger partial charge in [0.05, 0.1) is 23.7 Å². The molecular weight excluding hydrogens is 111 g/mol. The smallest absolute Gasteiger partial charge is 0.0832 e. The van der Waals surface area contributed by atoms with E-state index < -0.39 is 0 Å². The SMILES string of the molecule is CC.ClOCl. The molecule has 0 aromatic carbocycles. The molecule has 0 aliphatic carbocycles. The Balaban J connectivity index is 0. The standard InChI is InChI=1S/C2H6.Cl2O/c1-2;1-3-2/h1-2H3;. The van der Waals surface area contributed by atoms with Gasteiger partial charge in [0.2, 0.25) is 0 Å². The lowest BCUT2D eigenvalue weighted by Gasteiger charge is -1.46. The minimum atomic E-state index is 2.00. The number of hydrogen-bond donors (Lipinski definition) is 0. The van der Waals surface area contributed by atoms with Crippen molar-refractivity contribution in [1.82, 2.24) is 0 Å². The van der Waals surface area contributed by atoms with E-state index in [-0.39, 0.29) is 0 Å². The topological polar surface area (TPSA) is 9.23 Å². The summed E-state index contributed by atoms with van der Waals surface area (Å²) in [7, 11) is 0. The van der Waals surface area contributed by atoms with Gasteiger partial charge < -0.3 is 0 Å². The predicted molar refractivity (Wildman–Crippen MR) is 24.1 cm³/mol. The van der Waals surface area contributed by atoms with Crippen LogP contribution in [0.1, 0.15) is 13.8 Å². The summed E-state index contributed by atoms with van der Waals surface area (Å²) in [6, 6.07) is 0. The second-order valence-corrected chi connectivity index (χ2v) is 0.525. The Bertz CT molecular complexity index is 7.61. The molecule has 0 spiro atoms. The average molecular weight is 117 g/mol. The lowest BCUT2D eigenvalue weighted by Crippen LogP contribution is -1.15. The second kappa shape index (κ2) is 24.0. The van der Waals surface area contributed by atoms with Gasteiger partial charge in [-0.2, -0.15) is 3.84 Å². The maximum absolute atomic E-state index is 4.26. The molecule has 0 radical (unpaired) electrons. The van der Waals surface area contributed by atoms with Crippen LogP contribution in [-0.2, 0) is 3.84 Å². The Labute approximate surface area is 42.2 Å². The van der Waals surface area contributed by atoms with Crippen molar-refractivity contribution in [3.63, 3.8) is 0 Å². The van der Waals surface area contributed by atoms with Crippen LogP contribution < -0.4 is 0 Å². The molecule has 0 rings (SSSR count). The van der Waals surface area contributed by atoms with Crippen molar-refractivity contribution in [3.05, 3.63) is 0 Å². The average Bonchev–Trinajstić information content (AvgIpc) is 1.46. The van der Waals surface area contributed by atoms with Gasteiger partial charge in [0.1, 0.15) is 0 Å². The number of rotatable bonds is 0. The van der Waals surface area contributed by atoms with Gasteiger partial charge in [-0.25, -0.2) is 0 Å². The third kappa shape index (κ3) is 100. The minimum Gasteiger partial charge on any atom is -0.166 e. The highest BCUT2D eigenvalue weighted by atomic mass is 35.6. The fourth-order valence-corrected chi connectivity index (χ4v) is 0. The van der Waals surface area contributed by atoms with Gasteiger partial charge >= 0.3 is 0 Å². The Kier molecular flexibility index (Phi) is 43.7. The molecule has 0 aliphatic heterocycles. The van der Waals surface area contributed by atoms with Crippen LogP contribution in [-0.4, -0.2) is 0 Å². The zero-order valence-electron chi connectivity index (χ0n) is 3.16. The third-order valence-electron chi connectivity index (χ3n) is 0. The van der Waals surface area contributed by atoms with E-state index in [1.807, 2.05) is 13.8 Å². The van der Waals surface area contributed by atoms with Crippen molar-refractivity contribution >= 4 is 23.7 Å². The number of hydrogen-bond acceptors (Lipinski definition) is 1. The first kappa shape index (κ1) is 9.11. The van der Waals surface area contributed by atoms with Crippen LogP contribution in [0.4, 0.5) is 0 Å². The van der Waals surface area contributed by atoms with Crippen LogP contribution in [0.25, 0.3) is 0 Å². The van der Waals surface area contributed by atoms with Crippen LogP contribution in [0, 0.1) is 0 Å². The van der Waals surface area contributed by atoms with Gasteiger partial charge in [-0.05, 0) is 0 Å². The lowest BCUT2D eigenvalue weighted by atomic mass is 11.0. The molecule has 5 heavy (non-hydrogen) atoms. The summed E-state index contributed by atoms with van der Waals surface area (Å²) in [5.74, 6) is 0. The molecule has 0 saturated heterocycles. The van der Waals surface area contributed by atoms with Crippen LogP contribution >= 0.6 is 23.7 Å². The molecule has 3 heteroatoms. The fourth-order valence-electron chi connectivity index (χ4n) is 0. The van der Waals surface area contributed by atoms with Crippen molar-refractivity contribution < 1.29 is 3.84 Å². The summed E-state index contributed by atoms with van der Waals surface area (Å²) in [4.78, 5) is 0. The first-order chi connectivity index (χ1) is 2.41. The minimum absolute atomic E-state index is 2.00. The molecule has 0 aliphatic rings. The van der Waals surface area contributed by atoms with Crippen molar-refractivity contribution in [2.75, 3.05) is 0 Å². The van der Waals surface area contributed by atoms with Gasteiger partial charge in [0.15, 0.2) is 0 Å². The predicted octanol–water partition coefficient (Wildman–Crippen LogP) is 2.34. The van der Waals surface area contributed by atoms with Gasteiger partial charge in [-0.15, -0.1) is 0 Å². The van der Waals surface area contributed by atoms with Crippen LogP contribution in [0.3, 0.4) is 0 Å². The highest BCUT2D eigenvalue weighted by molar-refractivity contribution is 6.24. The van der Waals surface area contributed by atoms with E-state index in [1.165, 1.54) is 0 Å². The maximum Gasteiger partial charge on any atom is 0.0832 e. The number of halogens is 2. The van der Waals surface area contributed by atoms with Crippen LogP contribution in [0.5, 0.6) is 0 Å². The Hall–Kier alpha value is 0.540. The van der Waals surface area contributed by atoms with E-state index in [2.05, 4.69) is 27.6 Å². The van der Waals surface area contributed by atoms with Crippen molar-refractivity contribution in [3.8, 4) is 0 Å². The van der Waals surface area contributed by atoms with E-state index in [9.17, 15) is 0 Å². The normalized spacial score (nSPS) is 4.80. The molecule has 0 fully saturated rings. The summed E-state index contributed by atoms with van der Waals surface area (Å²) in [5.41, 5.74) is 0. The van der Waals surface area contributed by atoms with Crippen molar-refractivity contribution in [2.24, 2.45) is 0 Å². The van der Waals surface area contributed by atoms with Crippen molar-refractivity contribution in [1.29, 1.82) is 0 Å². The molecule has 0 unspecified atom stereocenters. The molecule has 0 aromatic heterocycles. The van der Waals surface area contributed by atoms with E-state index in [4.69, 9.17) is 0 Å². The molecular formula is C2H6Cl2O. The monoisotopic (exact) mass is 116 g/mol. The second-order valence-electron chi connectivity index (χ2n) is 0.0583. The molecule has 0 amide bonds. The Morgan fingerprint density at radius 3 is 1.20 bits per heavy atom. The van der Waals surface area contributed by atoms with E-state index >= 15 is 0 Å². The molecule has 0 N–H and O–H groups in total. The molecule has 1 nitrogen and oxygen atoms in total. The lowest BCUT2D eigenvalue weighted by molar-refractivity contribution is 0.697. The summed E-state index contributed by atoms with van der Waals surface area (Å²) < 4.78 is 3.19. The summed E-state index contributed by atoms with van der Waals surface area (Å²) in [6.45, 7) is 4.00. The first-order valence-corrected chi connectivity index (χ1v) is 1.93. The van der Waals surface area contributed by atoms with E-state index in [0.29, 0.717) is 0 Å². The molecule has 34 valence electrons. The molecule has 0 saturated carbocycles. The summed E-state index contributed by atoms with van der Waals surface area (Å²) in [6.07, 6.45) is 0. The van der Waals surface area contributed by atoms with Gasteiger partial charge in [-0.3, -0.25) is 0 Å². The molecule has 0 atom stereocenters. The van der Waals surface area contributed by atoms with Gasteiger partial charge in [-0.1, -0.05) is 13.8 Å². The molecule has 0 heterocycles. The van der Waals surface area contributed by atoms with Crippen LogP contribution in [0.2, 0.25) is 0 Å². The maximum atomic E-state index is 4.26. The highest BCUT2D eigenvalue weighted by Crippen LogP contribution is 1.78. The van der Waals surface area contributed by atoms with Crippen LogP contribution in [0.15, 0.2) is 0 Å². The van der Waals surface area contributed by atoms with Gasteiger partial charge in [0, 0.05) is 0 Å². The summed E-state index contributed by atoms with van der Waals surface area (Å²) >= 11 is 8.53. The largest absolute Gasteiger partial charge is 0.166 e. The Morgan fingerprint density at radius 1 is 1.20 bits per heavy atom.